The molecule has 1 unspecified atom stereocenters. The lowest BCUT2D eigenvalue weighted by Gasteiger charge is -2.34. The van der Waals surface area contributed by atoms with Crippen LogP contribution in [0.1, 0.15) is 45.4 Å². The third kappa shape index (κ3) is 4.09. The van der Waals surface area contributed by atoms with Gasteiger partial charge < -0.3 is 20.2 Å². The van der Waals surface area contributed by atoms with Crippen LogP contribution in [0.3, 0.4) is 0 Å². The number of nitrogens with zero attached hydrogens (tertiary/aromatic N) is 2. The first-order valence-electron chi connectivity index (χ1n) is 8.15. The van der Waals surface area contributed by atoms with Crippen molar-refractivity contribution in [1.29, 1.82) is 0 Å². The maximum Gasteiger partial charge on any atom is 0.317 e. The largest absolute Gasteiger partial charge is 0.394 e. The first-order chi connectivity index (χ1) is 9.74. The molecule has 2 fully saturated rings. The van der Waals surface area contributed by atoms with E-state index >= 15 is 0 Å². The van der Waals surface area contributed by atoms with Crippen LogP contribution in [-0.4, -0.2) is 65.8 Å². The molecule has 0 saturated carbocycles. The molecule has 5 nitrogen and oxygen atoms in total. The van der Waals surface area contributed by atoms with Crippen molar-refractivity contribution in [2.24, 2.45) is 0 Å². The standard InChI is InChI=1S/C15H29N3O2/c1-2-3-8-17-10-6-13(7-11-17)16-15(20)18-9-4-5-14(18)12-19/h13-14,19H,2-12H2,1H3,(H,16,20). The van der Waals surface area contributed by atoms with Gasteiger partial charge in [-0.15, -0.1) is 0 Å². The zero-order valence-corrected chi connectivity index (χ0v) is 12.7. The summed E-state index contributed by atoms with van der Waals surface area (Å²) in [5, 5.41) is 12.4. The lowest BCUT2D eigenvalue weighted by atomic mass is 10.0. The Hall–Kier alpha value is -0.810. The maximum absolute atomic E-state index is 12.2. The van der Waals surface area contributed by atoms with E-state index in [4.69, 9.17) is 0 Å². The van der Waals surface area contributed by atoms with E-state index in [1.807, 2.05) is 4.90 Å². The van der Waals surface area contributed by atoms with Crippen LogP contribution in [0.5, 0.6) is 0 Å². The Morgan fingerprint density at radius 3 is 2.65 bits per heavy atom. The number of amides is 2. The van der Waals surface area contributed by atoms with Crippen molar-refractivity contribution in [1.82, 2.24) is 15.1 Å². The molecule has 0 aromatic rings. The number of hydrogen-bond acceptors (Lipinski definition) is 3. The molecule has 2 aliphatic rings. The zero-order chi connectivity index (χ0) is 14.4. The topological polar surface area (TPSA) is 55.8 Å². The minimum absolute atomic E-state index is 0.0218. The number of urea groups is 1. The van der Waals surface area contributed by atoms with Crippen LogP contribution < -0.4 is 5.32 Å². The van der Waals surface area contributed by atoms with E-state index in [1.165, 1.54) is 19.4 Å². The van der Waals surface area contributed by atoms with Gasteiger partial charge in [-0.25, -0.2) is 4.79 Å². The molecular weight excluding hydrogens is 254 g/mol. The Bertz CT molecular complexity index is 303. The molecule has 0 radical (unpaired) electrons. The van der Waals surface area contributed by atoms with Gasteiger partial charge in [-0.2, -0.15) is 0 Å². The molecule has 2 heterocycles. The number of nitrogens with one attached hydrogen (secondary N) is 1. The molecule has 2 N–H and O–H groups in total. The molecule has 2 rings (SSSR count). The van der Waals surface area contributed by atoms with E-state index in [0.717, 1.165) is 45.3 Å². The van der Waals surface area contributed by atoms with Gasteiger partial charge in [0.25, 0.3) is 0 Å². The Balaban J connectivity index is 1.71. The molecule has 5 heteroatoms. The van der Waals surface area contributed by atoms with Gasteiger partial charge >= 0.3 is 6.03 Å². The Morgan fingerprint density at radius 2 is 2.00 bits per heavy atom. The SMILES string of the molecule is CCCCN1CCC(NC(=O)N2CCCC2CO)CC1. The monoisotopic (exact) mass is 283 g/mol. The van der Waals surface area contributed by atoms with Crippen LogP contribution in [0.2, 0.25) is 0 Å². The second kappa shape index (κ2) is 7.84. The number of carbonyl (C=O) groups is 1. The fraction of sp³-hybridized carbons (Fsp3) is 0.933. The summed E-state index contributed by atoms with van der Waals surface area (Å²) in [4.78, 5) is 16.5. The number of unbranched alkanes of at least 4 members (excludes halogenated alkanes) is 1. The van der Waals surface area contributed by atoms with E-state index in [9.17, 15) is 9.90 Å². The first-order valence-corrected chi connectivity index (χ1v) is 8.15. The first kappa shape index (κ1) is 15.6. The fourth-order valence-electron chi connectivity index (χ4n) is 3.23. The minimum Gasteiger partial charge on any atom is -0.394 e. The van der Waals surface area contributed by atoms with Crippen LogP contribution in [0.15, 0.2) is 0 Å². The molecule has 0 spiro atoms. The van der Waals surface area contributed by atoms with Gasteiger partial charge in [0.2, 0.25) is 0 Å². The van der Waals surface area contributed by atoms with Crippen LogP contribution >= 0.6 is 0 Å². The number of aliphatic hydroxyl groups excluding tert-OH is 1. The summed E-state index contributed by atoms with van der Waals surface area (Å²) < 4.78 is 0. The Labute approximate surface area is 122 Å². The van der Waals surface area contributed by atoms with Crippen molar-refractivity contribution in [2.45, 2.75) is 57.5 Å². The van der Waals surface area contributed by atoms with Crippen LogP contribution in [0.25, 0.3) is 0 Å². The van der Waals surface area contributed by atoms with E-state index < -0.39 is 0 Å². The highest BCUT2D eigenvalue weighted by Gasteiger charge is 2.30. The third-order valence-corrected chi connectivity index (χ3v) is 4.59. The Kier molecular flexibility index (Phi) is 6.10. The molecule has 2 saturated heterocycles. The summed E-state index contributed by atoms with van der Waals surface area (Å²) in [5.74, 6) is 0. The van der Waals surface area contributed by atoms with Crippen molar-refractivity contribution >= 4 is 6.03 Å². The normalized spacial score (nSPS) is 25.1. The molecule has 2 amide bonds. The molecule has 2 aliphatic heterocycles. The molecule has 0 aromatic heterocycles. The molecule has 116 valence electrons. The third-order valence-electron chi connectivity index (χ3n) is 4.59. The highest BCUT2D eigenvalue weighted by Crippen LogP contribution is 2.18. The number of rotatable bonds is 5. The van der Waals surface area contributed by atoms with Gasteiger partial charge in [0.05, 0.1) is 12.6 Å². The smallest absolute Gasteiger partial charge is 0.317 e. The second-order valence-corrected chi connectivity index (χ2v) is 6.09. The molecule has 0 bridgehead atoms. The van der Waals surface area contributed by atoms with Gasteiger partial charge in [0.1, 0.15) is 0 Å². The molecule has 20 heavy (non-hydrogen) atoms. The molecule has 0 aromatic carbocycles. The van der Waals surface area contributed by atoms with Gasteiger partial charge in [-0.1, -0.05) is 13.3 Å². The van der Waals surface area contributed by atoms with Crippen molar-refractivity contribution in [3.63, 3.8) is 0 Å². The predicted molar refractivity (Wildman–Crippen MR) is 79.7 cm³/mol. The van der Waals surface area contributed by atoms with Crippen molar-refractivity contribution in [2.75, 3.05) is 32.8 Å². The van der Waals surface area contributed by atoms with Gasteiger partial charge in [-0.3, -0.25) is 0 Å². The van der Waals surface area contributed by atoms with E-state index in [-0.39, 0.29) is 18.7 Å². The number of piperidine rings is 1. The van der Waals surface area contributed by atoms with Gasteiger partial charge in [0, 0.05) is 25.7 Å². The van der Waals surface area contributed by atoms with Crippen LogP contribution in [-0.2, 0) is 0 Å². The molecule has 1 atom stereocenters. The quantitative estimate of drug-likeness (QED) is 0.802. The molecular formula is C15H29N3O2. The zero-order valence-electron chi connectivity index (χ0n) is 12.7. The van der Waals surface area contributed by atoms with Gasteiger partial charge in [-0.05, 0) is 38.6 Å². The average molecular weight is 283 g/mol. The summed E-state index contributed by atoms with van der Waals surface area (Å²) in [6.45, 7) is 6.47. The van der Waals surface area contributed by atoms with E-state index in [2.05, 4.69) is 17.1 Å². The highest BCUT2D eigenvalue weighted by atomic mass is 16.3. The van der Waals surface area contributed by atoms with Gasteiger partial charge in [0.15, 0.2) is 0 Å². The lowest BCUT2D eigenvalue weighted by Crippen LogP contribution is -2.51. The molecule has 0 aliphatic carbocycles. The van der Waals surface area contributed by atoms with E-state index in [1.54, 1.807) is 0 Å². The minimum atomic E-state index is 0.0218. The highest BCUT2D eigenvalue weighted by molar-refractivity contribution is 5.75. The maximum atomic E-state index is 12.2. The fourth-order valence-corrected chi connectivity index (χ4v) is 3.23. The Morgan fingerprint density at radius 1 is 1.25 bits per heavy atom. The number of likely N-dealkylation sites (tertiary alicyclic amines) is 2. The van der Waals surface area contributed by atoms with Crippen LogP contribution in [0.4, 0.5) is 4.79 Å². The number of aliphatic hydroxyl groups is 1. The predicted octanol–water partition coefficient (Wildman–Crippen LogP) is 1.42. The second-order valence-electron chi connectivity index (χ2n) is 6.09. The van der Waals surface area contributed by atoms with Crippen LogP contribution in [0, 0.1) is 0 Å². The lowest BCUT2D eigenvalue weighted by molar-refractivity contribution is 0.146. The van der Waals surface area contributed by atoms with Crippen molar-refractivity contribution in [3.05, 3.63) is 0 Å². The van der Waals surface area contributed by atoms with Crippen molar-refractivity contribution in [3.8, 4) is 0 Å². The summed E-state index contributed by atoms with van der Waals surface area (Å²) in [5.41, 5.74) is 0. The summed E-state index contributed by atoms with van der Waals surface area (Å²) in [7, 11) is 0. The van der Waals surface area contributed by atoms with Crippen molar-refractivity contribution < 1.29 is 9.90 Å². The summed E-state index contributed by atoms with van der Waals surface area (Å²) in [6.07, 6.45) is 6.55. The average Bonchev–Trinajstić information content (AvgIpc) is 2.95. The number of carbonyl (C=O) groups excluding carboxylic acids is 1. The number of hydrogen-bond donors (Lipinski definition) is 2. The summed E-state index contributed by atoms with van der Waals surface area (Å²) in [6, 6.07) is 0.355. The van der Waals surface area contributed by atoms with E-state index in [0.29, 0.717) is 6.04 Å². The summed E-state index contributed by atoms with van der Waals surface area (Å²) >= 11 is 0.